The van der Waals surface area contributed by atoms with Gasteiger partial charge in [0, 0.05) is 0 Å². The van der Waals surface area contributed by atoms with Gasteiger partial charge in [0.15, 0.2) is 0 Å². The lowest BCUT2D eigenvalue weighted by Gasteiger charge is -2.22. The fourth-order valence-electron chi connectivity index (χ4n) is 2.17. The van der Waals surface area contributed by atoms with E-state index in [1.165, 1.54) is 44.2 Å². The van der Waals surface area contributed by atoms with Gasteiger partial charge in [-0.15, -0.1) is 0 Å². The van der Waals surface area contributed by atoms with E-state index in [2.05, 4.69) is 27.7 Å². The largest absolute Gasteiger partial charge is 0.0680 e. The minimum Gasteiger partial charge on any atom is -0.0680 e. The maximum Gasteiger partial charge on any atom is 0.0506 e. The molecule has 0 aromatic heterocycles. The molecule has 0 heterocycles. The van der Waals surface area contributed by atoms with Gasteiger partial charge in [0.1, 0.15) is 0 Å². The third kappa shape index (κ3) is 5.51. The average molecular weight is 199 g/mol. The van der Waals surface area contributed by atoms with E-state index in [1.807, 2.05) is 0 Å². The van der Waals surface area contributed by atoms with Gasteiger partial charge in [-0.05, 0) is 5.54 Å². The van der Waals surface area contributed by atoms with Gasteiger partial charge in [-0.2, -0.15) is 0 Å². The molecule has 0 aliphatic carbocycles. The van der Waals surface area contributed by atoms with Crippen LogP contribution in [-0.4, -0.2) is 8.80 Å². The normalized spacial score (nSPS) is 13.6. The molecule has 13 heavy (non-hydrogen) atoms. The second-order valence-electron chi connectivity index (χ2n) is 3.97. The van der Waals surface area contributed by atoms with E-state index < -0.39 is 0 Å². The Morgan fingerprint density at radius 1 is 0.923 bits per heavy atom. The molecule has 1 unspecified atom stereocenters. The highest BCUT2D eigenvalue weighted by molar-refractivity contribution is 6.60. The monoisotopic (exact) mass is 199 g/mol. The SMILES string of the molecule is CCCCCC(CC)[Si](CC)CC. The zero-order chi connectivity index (χ0) is 10.1. The lowest BCUT2D eigenvalue weighted by atomic mass is 10.1. The second kappa shape index (κ2) is 8.80. The molecule has 0 spiro atoms. The van der Waals surface area contributed by atoms with Crippen LogP contribution in [0, 0.1) is 0 Å². The zero-order valence-electron chi connectivity index (χ0n) is 10.0. The third-order valence-electron chi connectivity index (χ3n) is 3.13. The van der Waals surface area contributed by atoms with Crippen LogP contribution >= 0.6 is 0 Å². The van der Waals surface area contributed by atoms with Gasteiger partial charge >= 0.3 is 0 Å². The Labute approximate surface area is 86.7 Å². The maximum absolute atomic E-state index is 2.39. The summed E-state index contributed by atoms with van der Waals surface area (Å²) >= 11 is 0. The molecule has 0 saturated heterocycles. The summed E-state index contributed by atoms with van der Waals surface area (Å²) in [6, 6.07) is 2.96. The molecule has 0 saturated carbocycles. The van der Waals surface area contributed by atoms with Crippen LogP contribution in [0.1, 0.15) is 59.8 Å². The fourth-order valence-corrected chi connectivity index (χ4v) is 5.01. The number of hydrogen-bond acceptors (Lipinski definition) is 0. The van der Waals surface area contributed by atoms with Gasteiger partial charge < -0.3 is 0 Å². The smallest absolute Gasteiger partial charge is 0.0506 e. The Morgan fingerprint density at radius 3 is 1.92 bits per heavy atom. The highest BCUT2D eigenvalue weighted by Gasteiger charge is 2.17. The molecule has 0 rings (SSSR count). The Balaban J connectivity index is 3.71. The van der Waals surface area contributed by atoms with Crippen LogP contribution in [-0.2, 0) is 0 Å². The van der Waals surface area contributed by atoms with E-state index in [1.54, 1.807) is 0 Å². The second-order valence-corrected chi connectivity index (χ2v) is 7.51. The van der Waals surface area contributed by atoms with Crippen molar-refractivity contribution < 1.29 is 0 Å². The first kappa shape index (κ1) is 13.2. The Bertz CT molecular complexity index is 97.3. The quantitative estimate of drug-likeness (QED) is 0.386. The van der Waals surface area contributed by atoms with Crippen molar-refractivity contribution in [3.8, 4) is 0 Å². The Hall–Kier alpha value is 0.217. The minimum absolute atomic E-state index is 0.00694. The lowest BCUT2D eigenvalue weighted by Crippen LogP contribution is -2.17. The zero-order valence-corrected chi connectivity index (χ0v) is 11.0. The van der Waals surface area contributed by atoms with Gasteiger partial charge in [0.25, 0.3) is 0 Å². The highest BCUT2D eigenvalue weighted by Crippen LogP contribution is 2.27. The summed E-state index contributed by atoms with van der Waals surface area (Å²) in [5.74, 6) is 0. The molecule has 0 nitrogen and oxygen atoms in total. The molecular weight excluding hydrogens is 172 g/mol. The van der Waals surface area contributed by atoms with E-state index >= 15 is 0 Å². The molecule has 0 aromatic rings. The maximum atomic E-state index is 2.39. The Kier molecular flexibility index (Phi) is 8.95. The molecule has 0 N–H and O–H groups in total. The van der Waals surface area contributed by atoms with Crippen LogP contribution in [0.2, 0.25) is 17.6 Å². The lowest BCUT2D eigenvalue weighted by molar-refractivity contribution is 0.612. The van der Waals surface area contributed by atoms with Crippen LogP contribution in [0.25, 0.3) is 0 Å². The van der Waals surface area contributed by atoms with Crippen molar-refractivity contribution in [1.29, 1.82) is 0 Å². The summed E-state index contributed by atoms with van der Waals surface area (Å²) in [6.45, 7) is 9.46. The summed E-state index contributed by atoms with van der Waals surface area (Å²) in [5, 5.41) is 0. The molecule has 79 valence electrons. The first-order valence-corrected chi connectivity index (χ1v) is 8.13. The minimum atomic E-state index is 0.00694. The summed E-state index contributed by atoms with van der Waals surface area (Å²) in [5.41, 5.74) is 1.10. The van der Waals surface area contributed by atoms with Crippen molar-refractivity contribution in [3.63, 3.8) is 0 Å². The van der Waals surface area contributed by atoms with E-state index in [0.29, 0.717) is 0 Å². The topological polar surface area (TPSA) is 0 Å². The molecule has 0 bridgehead atoms. The number of unbranched alkanes of at least 4 members (excludes halogenated alkanes) is 2. The van der Waals surface area contributed by atoms with Gasteiger partial charge in [0.05, 0.1) is 8.80 Å². The first-order valence-electron chi connectivity index (χ1n) is 6.14. The average Bonchev–Trinajstić information content (AvgIpc) is 2.17. The molecule has 0 aliphatic heterocycles. The fraction of sp³-hybridized carbons (Fsp3) is 1.00. The van der Waals surface area contributed by atoms with Gasteiger partial charge in [-0.3, -0.25) is 0 Å². The van der Waals surface area contributed by atoms with Crippen molar-refractivity contribution in [2.24, 2.45) is 0 Å². The Morgan fingerprint density at radius 2 is 1.54 bits per heavy atom. The molecular formula is C12H27Si. The predicted octanol–water partition coefficient (Wildman–Crippen LogP) is 4.88. The van der Waals surface area contributed by atoms with Crippen LogP contribution in [0.3, 0.4) is 0 Å². The van der Waals surface area contributed by atoms with E-state index in [0.717, 1.165) is 5.54 Å². The van der Waals surface area contributed by atoms with Gasteiger partial charge in [0.2, 0.25) is 0 Å². The van der Waals surface area contributed by atoms with Crippen molar-refractivity contribution in [2.45, 2.75) is 77.4 Å². The predicted molar refractivity (Wildman–Crippen MR) is 64.9 cm³/mol. The van der Waals surface area contributed by atoms with E-state index in [-0.39, 0.29) is 8.80 Å². The van der Waals surface area contributed by atoms with Crippen LogP contribution in [0.4, 0.5) is 0 Å². The molecule has 0 fully saturated rings. The molecule has 1 radical (unpaired) electrons. The van der Waals surface area contributed by atoms with Crippen molar-refractivity contribution in [1.82, 2.24) is 0 Å². The van der Waals surface area contributed by atoms with Crippen LogP contribution in [0.15, 0.2) is 0 Å². The van der Waals surface area contributed by atoms with Gasteiger partial charge in [-0.25, -0.2) is 0 Å². The molecule has 0 aromatic carbocycles. The van der Waals surface area contributed by atoms with Crippen molar-refractivity contribution in [2.75, 3.05) is 0 Å². The van der Waals surface area contributed by atoms with Crippen molar-refractivity contribution >= 4 is 8.80 Å². The standard InChI is InChI=1S/C12H27Si/c1-5-9-10-11-12(6-2)13(7-3)8-4/h12H,5-11H2,1-4H3. The number of rotatable bonds is 8. The molecule has 1 heteroatoms. The summed E-state index contributed by atoms with van der Waals surface area (Å²) < 4.78 is 0. The molecule has 0 amide bonds. The summed E-state index contributed by atoms with van der Waals surface area (Å²) in [7, 11) is 0.00694. The molecule has 1 atom stereocenters. The van der Waals surface area contributed by atoms with Crippen molar-refractivity contribution in [3.05, 3.63) is 0 Å². The molecule has 0 aliphatic rings. The van der Waals surface area contributed by atoms with E-state index in [4.69, 9.17) is 0 Å². The number of hydrogen-bond donors (Lipinski definition) is 0. The first-order chi connectivity index (χ1) is 6.29. The summed E-state index contributed by atoms with van der Waals surface area (Å²) in [6.07, 6.45) is 7.24. The highest BCUT2D eigenvalue weighted by atomic mass is 28.3. The van der Waals surface area contributed by atoms with Crippen LogP contribution in [0.5, 0.6) is 0 Å². The summed E-state index contributed by atoms with van der Waals surface area (Å²) in [4.78, 5) is 0. The van der Waals surface area contributed by atoms with E-state index in [9.17, 15) is 0 Å². The third-order valence-corrected chi connectivity index (χ3v) is 6.80. The van der Waals surface area contributed by atoms with Gasteiger partial charge in [-0.1, -0.05) is 71.9 Å². The van der Waals surface area contributed by atoms with Crippen LogP contribution < -0.4 is 0 Å².